The third-order valence-electron chi connectivity index (χ3n) is 8.58. The van der Waals surface area contributed by atoms with E-state index in [1.165, 1.54) is 23.5 Å². The third-order valence-corrected chi connectivity index (χ3v) is 9.83. The molecule has 45 heavy (non-hydrogen) atoms. The molecule has 16 heteroatoms. The van der Waals surface area contributed by atoms with E-state index in [9.17, 15) is 31.5 Å². The summed E-state index contributed by atoms with van der Waals surface area (Å²) in [7, 11) is -1.99. The first kappa shape index (κ1) is 31.3. The van der Waals surface area contributed by atoms with Crippen LogP contribution in [0.4, 0.5) is 13.2 Å². The topological polar surface area (TPSA) is 139 Å². The largest absolute Gasteiger partial charge is 0.481 e. The molecule has 4 aromatic rings. The normalized spacial score (nSPS) is 17.9. The molecule has 0 amide bonds. The van der Waals surface area contributed by atoms with Crippen LogP contribution in [0.1, 0.15) is 35.7 Å². The van der Waals surface area contributed by atoms with Crippen molar-refractivity contribution in [3.8, 4) is 17.1 Å². The van der Waals surface area contributed by atoms with Crippen molar-refractivity contribution in [1.82, 2.24) is 33.5 Å². The number of ether oxygens (including phenoxy) is 1. The Morgan fingerprint density at radius 3 is 2.44 bits per heavy atom. The number of rotatable bonds is 8. The second-order valence-electron chi connectivity index (χ2n) is 11.6. The summed E-state index contributed by atoms with van der Waals surface area (Å²) in [6, 6.07) is 8.01. The Hall–Kier alpha value is -3.73. The summed E-state index contributed by atoms with van der Waals surface area (Å²) in [5.74, 6) is 0.419. The van der Waals surface area contributed by atoms with Crippen molar-refractivity contribution in [1.29, 1.82) is 0 Å². The van der Waals surface area contributed by atoms with E-state index in [1.807, 2.05) is 0 Å². The molecule has 1 unspecified atom stereocenters. The number of H-pyrrole nitrogens is 1. The van der Waals surface area contributed by atoms with Gasteiger partial charge in [0, 0.05) is 68.1 Å². The highest BCUT2D eigenvalue weighted by Gasteiger charge is 2.33. The molecule has 0 radical (unpaired) electrons. The van der Waals surface area contributed by atoms with Crippen LogP contribution in [0.3, 0.4) is 0 Å². The SMILES string of the molecule is COc1ccc2[nH]c(=O)n(C3CCN(CC(O)Cn4nc(-c5ccc(C(F)(F)F)cc5)c5c4CCN(S(C)(=O)=O)C5)CC3)c2n1. The minimum atomic E-state index is -4.49. The molecule has 12 nitrogen and oxygen atoms in total. The van der Waals surface area contributed by atoms with Crippen molar-refractivity contribution in [2.45, 2.75) is 50.7 Å². The van der Waals surface area contributed by atoms with Crippen molar-refractivity contribution in [3.63, 3.8) is 0 Å². The van der Waals surface area contributed by atoms with Gasteiger partial charge in [0.15, 0.2) is 5.65 Å². The van der Waals surface area contributed by atoms with Crippen LogP contribution in [0.5, 0.6) is 5.88 Å². The standard InChI is InChI=1S/C29H34F3N7O5S/c1-44-25-8-7-23-27(34-25)39(28(41)33-23)20-9-12-36(13-10-20)15-21(40)16-38-24-11-14-37(45(2,42)43)17-22(24)26(35-38)18-3-5-19(6-4-18)29(30,31)32/h3-8,20-21,40H,9-17H2,1-2H3,(H,33,41). The molecule has 5 heterocycles. The number of β-amino-alcohol motifs (C(OH)–C–C–N with tert-alkyl or cyclic N) is 1. The summed E-state index contributed by atoms with van der Waals surface area (Å²) in [6.07, 6.45) is -2.48. The first-order valence-corrected chi connectivity index (χ1v) is 16.4. The molecule has 6 rings (SSSR count). The Bertz CT molecular complexity index is 1860. The van der Waals surface area contributed by atoms with Crippen LogP contribution in [-0.2, 0) is 35.7 Å². The Labute approximate surface area is 257 Å². The van der Waals surface area contributed by atoms with Crippen LogP contribution >= 0.6 is 0 Å². The van der Waals surface area contributed by atoms with Gasteiger partial charge in [0.2, 0.25) is 15.9 Å². The van der Waals surface area contributed by atoms with Gasteiger partial charge in [0.05, 0.1) is 42.8 Å². The minimum Gasteiger partial charge on any atom is -0.481 e. The van der Waals surface area contributed by atoms with Crippen LogP contribution in [0.15, 0.2) is 41.2 Å². The van der Waals surface area contributed by atoms with E-state index in [-0.39, 0.29) is 31.4 Å². The zero-order valence-corrected chi connectivity index (χ0v) is 25.6. The van der Waals surface area contributed by atoms with Gasteiger partial charge in [-0.25, -0.2) is 13.2 Å². The van der Waals surface area contributed by atoms with E-state index in [4.69, 9.17) is 4.74 Å². The number of piperidine rings is 1. The molecule has 0 spiro atoms. The first-order chi connectivity index (χ1) is 21.3. The number of aromatic amines is 1. The number of alkyl halides is 3. The second-order valence-corrected chi connectivity index (χ2v) is 13.6. The average Bonchev–Trinajstić information content (AvgIpc) is 3.52. The number of nitrogens with one attached hydrogen (secondary N) is 1. The number of halogens is 3. The number of sulfonamides is 1. The highest BCUT2D eigenvalue weighted by molar-refractivity contribution is 7.88. The monoisotopic (exact) mass is 649 g/mol. The molecule has 1 aromatic carbocycles. The Balaban J connectivity index is 1.17. The molecule has 242 valence electrons. The molecule has 2 N–H and O–H groups in total. The summed E-state index contributed by atoms with van der Waals surface area (Å²) in [5.41, 5.74) is 2.36. The first-order valence-electron chi connectivity index (χ1n) is 14.6. The fourth-order valence-corrected chi connectivity index (χ4v) is 7.09. The molecular weight excluding hydrogens is 615 g/mol. The highest BCUT2D eigenvalue weighted by Crippen LogP contribution is 2.34. The number of benzene rings is 1. The van der Waals surface area contributed by atoms with Crippen LogP contribution in [-0.4, -0.2) is 92.7 Å². The van der Waals surface area contributed by atoms with Gasteiger partial charge < -0.3 is 19.7 Å². The maximum Gasteiger partial charge on any atom is 0.416 e. The minimum absolute atomic E-state index is 0.0437. The smallest absolute Gasteiger partial charge is 0.416 e. The molecule has 1 atom stereocenters. The highest BCUT2D eigenvalue weighted by atomic mass is 32.2. The van der Waals surface area contributed by atoms with Crippen LogP contribution in [0, 0.1) is 0 Å². The molecule has 0 aliphatic carbocycles. The number of fused-ring (bicyclic) bond motifs is 2. The average molecular weight is 650 g/mol. The number of imidazole rings is 1. The molecule has 1 saturated heterocycles. The van der Waals surface area contributed by atoms with Gasteiger partial charge in [-0.15, -0.1) is 0 Å². The van der Waals surface area contributed by atoms with E-state index in [2.05, 4.69) is 20.0 Å². The summed E-state index contributed by atoms with van der Waals surface area (Å²) in [4.78, 5) is 22.2. The number of nitrogens with zero attached hydrogens (tertiary/aromatic N) is 6. The summed E-state index contributed by atoms with van der Waals surface area (Å²) in [5, 5.41) is 15.8. The van der Waals surface area contributed by atoms with Gasteiger partial charge in [-0.1, -0.05) is 12.1 Å². The van der Waals surface area contributed by atoms with Crippen LogP contribution < -0.4 is 10.4 Å². The van der Waals surface area contributed by atoms with Crippen molar-refractivity contribution in [3.05, 3.63) is 63.7 Å². The molecule has 2 aliphatic heterocycles. The molecule has 0 bridgehead atoms. The van der Waals surface area contributed by atoms with Gasteiger partial charge in [0.1, 0.15) is 0 Å². The quantitative estimate of drug-likeness (QED) is 0.297. The van der Waals surface area contributed by atoms with Crippen molar-refractivity contribution in [2.75, 3.05) is 39.5 Å². The Morgan fingerprint density at radius 1 is 1.09 bits per heavy atom. The van der Waals surface area contributed by atoms with Crippen LogP contribution in [0.2, 0.25) is 0 Å². The predicted molar refractivity (Wildman–Crippen MR) is 159 cm³/mol. The van der Waals surface area contributed by atoms with E-state index in [0.717, 1.165) is 24.1 Å². The van der Waals surface area contributed by atoms with Crippen LogP contribution in [0.25, 0.3) is 22.4 Å². The lowest BCUT2D eigenvalue weighted by Crippen LogP contribution is -2.42. The van der Waals surface area contributed by atoms with E-state index in [0.29, 0.717) is 72.8 Å². The van der Waals surface area contributed by atoms with Gasteiger partial charge in [0.25, 0.3) is 0 Å². The maximum absolute atomic E-state index is 13.2. The summed E-state index contributed by atoms with van der Waals surface area (Å²) >= 11 is 0. The van der Waals surface area contributed by atoms with Crippen molar-refractivity contribution >= 4 is 21.2 Å². The summed E-state index contributed by atoms with van der Waals surface area (Å²) < 4.78 is 74.0. The van der Waals surface area contributed by atoms with Gasteiger partial charge in [-0.2, -0.15) is 27.6 Å². The molecule has 3 aromatic heterocycles. The van der Waals surface area contributed by atoms with E-state index < -0.39 is 27.9 Å². The van der Waals surface area contributed by atoms with E-state index in [1.54, 1.807) is 21.4 Å². The number of aliphatic hydroxyl groups excluding tert-OH is 1. The number of methoxy groups -OCH3 is 1. The fourth-order valence-electron chi connectivity index (χ4n) is 6.30. The van der Waals surface area contributed by atoms with Gasteiger partial charge >= 0.3 is 11.9 Å². The Kier molecular flexibility index (Phi) is 8.26. The summed E-state index contributed by atoms with van der Waals surface area (Å²) in [6.45, 7) is 2.04. The van der Waals surface area contributed by atoms with Crippen molar-refractivity contribution < 1.29 is 31.4 Å². The van der Waals surface area contributed by atoms with Gasteiger partial charge in [-0.3, -0.25) is 9.25 Å². The molecular formula is C29H34F3N7O5S. The second kappa shape index (κ2) is 11.9. The number of aliphatic hydroxyl groups is 1. The van der Waals surface area contributed by atoms with Gasteiger partial charge in [-0.05, 0) is 31.0 Å². The lowest BCUT2D eigenvalue weighted by molar-refractivity contribution is -0.137. The molecule has 2 aliphatic rings. The maximum atomic E-state index is 13.2. The third kappa shape index (κ3) is 6.36. The lowest BCUT2D eigenvalue weighted by atomic mass is 10.0. The number of likely N-dealkylation sites (tertiary alicyclic amines) is 1. The van der Waals surface area contributed by atoms with Crippen molar-refractivity contribution in [2.24, 2.45) is 0 Å². The van der Waals surface area contributed by atoms with E-state index >= 15 is 0 Å². The fraction of sp³-hybridized carbons (Fsp3) is 0.483. The number of aromatic nitrogens is 5. The number of hydrogen-bond donors (Lipinski definition) is 2. The molecule has 1 fully saturated rings. The zero-order chi connectivity index (χ0) is 32.1. The lowest BCUT2D eigenvalue weighted by Gasteiger charge is -2.33. The Morgan fingerprint density at radius 2 is 1.80 bits per heavy atom. The number of hydrogen-bond acceptors (Lipinski definition) is 8. The zero-order valence-electron chi connectivity index (χ0n) is 24.8. The predicted octanol–water partition coefficient (Wildman–Crippen LogP) is 2.63. The number of pyridine rings is 1. The molecule has 0 saturated carbocycles.